The molecule has 3 nitrogen and oxygen atoms in total. The molecule has 0 amide bonds. The Morgan fingerprint density at radius 3 is 2.24 bits per heavy atom. The van der Waals surface area contributed by atoms with E-state index in [9.17, 15) is 5.11 Å². The van der Waals surface area contributed by atoms with Gasteiger partial charge in [0, 0.05) is 31.2 Å². The maximum absolute atomic E-state index is 9.43. The summed E-state index contributed by atoms with van der Waals surface area (Å²) < 4.78 is 0. The average molecular weight is 299 g/mol. The molecule has 2 N–H and O–H groups in total. The lowest BCUT2D eigenvalue weighted by Gasteiger charge is -2.40. The van der Waals surface area contributed by atoms with E-state index in [1.165, 1.54) is 38.5 Å². The first kappa shape index (κ1) is 18.9. The molecule has 0 aromatic heterocycles. The Morgan fingerprint density at radius 1 is 1.14 bits per heavy atom. The zero-order valence-corrected chi connectivity index (χ0v) is 15.0. The van der Waals surface area contributed by atoms with Crippen LogP contribution < -0.4 is 5.32 Å². The minimum absolute atomic E-state index is 0.171. The fraction of sp³-hybridized carbons (Fsp3) is 1.00. The van der Waals surface area contributed by atoms with E-state index in [1.807, 2.05) is 0 Å². The van der Waals surface area contributed by atoms with Crippen LogP contribution in [0.15, 0.2) is 0 Å². The molecule has 1 fully saturated rings. The molecule has 0 heterocycles. The lowest BCUT2D eigenvalue weighted by molar-refractivity contribution is 0.0862. The van der Waals surface area contributed by atoms with Gasteiger partial charge in [-0.3, -0.25) is 4.90 Å². The third kappa shape index (κ3) is 7.12. The van der Waals surface area contributed by atoms with E-state index in [0.29, 0.717) is 11.5 Å². The Morgan fingerprint density at radius 2 is 1.76 bits per heavy atom. The van der Waals surface area contributed by atoms with Gasteiger partial charge >= 0.3 is 0 Å². The fourth-order valence-electron chi connectivity index (χ4n) is 3.58. The van der Waals surface area contributed by atoms with Crippen LogP contribution in [-0.4, -0.2) is 47.8 Å². The van der Waals surface area contributed by atoms with E-state index in [2.05, 4.69) is 44.8 Å². The predicted octanol–water partition coefficient (Wildman–Crippen LogP) is 3.42. The van der Waals surface area contributed by atoms with E-state index < -0.39 is 0 Å². The van der Waals surface area contributed by atoms with Crippen molar-refractivity contribution in [3.05, 3.63) is 0 Å². The van der Waals surface area contributed by atoms with Gasteiger partial charge in [-0.2, -0.15) is 0 Å². The van der Waals surface area contributed by atoms with Gasteiger partial charge < -0.3 is 10.4 Å². The van der Waals surface area contributed by atoms with Gasteiger partial charge in [-0.1, -0.05) is 33.1 Å². The van der Waals surface area contributed by atoms with Crippen molar-refractivity contribution in [1.29, 1.82) is 0 Å². The first-order chi connectivity index (χ1) is 9.79. The molecule has 0 radical (unpaired) electrons. The van der Waals surface area contributed by atoms with E-state index in [4.69, 9.17) is 0 Å². The van der Waals surface area contributed by atoms with Gasteiger partial charge in [0.25, 0.3) is 0 Å². The molecule has 126 valence electrons. The third-order valence-corrected chi connectivity index (χ3v) is 4.71. The maximum Gasteiger partial charge on any atom is 0.0558 e. The van der Waals surface area contributed by atoms with Crippen LogP contribution >= 0.6 is 0 Å². The van der Waals surface area contributed by atoms with Crippen LogP contribution in [0, 0.1) is 5.41 Å². The third-order valence-electron chi connectivity index (χ3n) is 4.71. The highest BCUT2D eigenvalue weighted by atomic mass is 16.3. The summed E-state index contributed by atoms with van der Waals surface area (Å²) in [6, 6.07) is 0.697. The zero-order valence-electron chi connectivity index (χ0n) is 15.0. The fourth-order valence-corrected chi connectivity index (χ4v) is 3.58. The Balaban J connectivity index is 2.67. The molecule has 1 aliphatic rings. The van der Waals surface area contributed by atoms with E-state index in [0.717, 1.165) is 19.6 Å². The van der Waals surface area contributed by atoms with Gasteiger partial charge in [0.1, 0.15) is 0 Å². The highest BCUT2D eigenvalue weighted by molar-refractivity contribution is 4.87. The molecule has 0 saturated heterocycles. The van der Waals surface area contributed by atoms with Crippen molar-refractivity contribution in [2.75, 3.05) is 26.2 Å². The molecule has 0 bridgehead atoms. The first-order valence-corrected chi connectivity index (χ1v) is 8.89. The van der Waals surface area contributed by atoms with Crippen molar-refractivity contribution >= 4 is 0 Å². The average Bonchev–Trinajstić information content (AvgIpc) is 2.89. The minimum Gasteiger partial charge on any atom is -0.395 e. The SMILES string of the molecule is CCCC(C)(CNC(C)(C)C)CN(CCO)C1CCCC1. The normalized spacial score (nSPS) is 20.1. The van der Waals surface area contributed by atoms with Crippen LogP contribution in [0.3, 0.4) is 0 Å². The zero-order chi connectivity index (χ0) is 15.9. The predicted molar refractivity (Wildman–Crippen MR) is 91.7 cm³/mol. The number of rotatable bonds is 9. The number of hydrogen-bond donors (Lipinski definition) is 2. The van der Waals surface area contributed by atoms with E-state index >= 15 is 0 Å². The number of aliphatic hydroxyl groups is 1. The van der Waals surface area contributed by atoms with Crippen LogP contribution in [0.5, 0.6) is 0 Å². The Hall–Kier alpha value is -0.120. The highest BCUT2D eigenvalue weighted by Crippen LogP contribution is 2.30. The van der Waals surface area contributed by atoms with Crippen molar-refractivity contribution in [1.82, 2.24) is 10.2 Å². The van der Waals surface area contributed by atoms with E-state index in [1.54, 1.807) is 0 Å². The number of aliphatic hydroxyl groups excluding tert-OH is 1. The topological polar surface area (TPSA) is 35.5 Å². The molecule has 1 unspecified atom stereocenters. The lowest BCUT2D eigenvalue weighted by Crippen LogP contribution is -2.49. The summed E-state index contributed by atoms with van der Waals surface area (Å²) in [5.41, 5.74) is 0.462. The van der Waals surface area contributed by atoms with Gasteiger partial charge in [-0.25, -0.2) is 0 Å². The molecule has 21 heavy (non-hydrogen) atoms. The quantitative estimate of drug-likeness (QED) is 0.684. The molecule has 1 aliphatic carbocycles. The lowest BCUT2D eigenvalue weighted by atomic mass is 9.83. The summed E-state index contributed by atoms with van der Waals surface area (Å²) in [6.07, 6.45) is 7.81. The summed E-state index contributed by atoms with van der Waals surface area (Å²) in [6.45, 7) is 14.7. The Bertz CT molecular complexity index is 281. The molecule has 0 aromatic carbocycles. The van der Waals surface area contributed by atoms with Crippen molar-refractivity contribution in [3.63, 3.8) is 0 Å². The smallest absolute Gasteiger partial charge is 0.0558 e. The molecular weight excluding hydrogens is 260 g/mol. The van der Waals surface area contributed by atoms with Crippen LogP contribution in [0.25, 0.3) is 0 Å². The van der Waals surface area contributed by atoms with Gasteiger partial charge in [0.15, 0.2) is 0 Å². The van der Waals surface area contributed by atoms with Crippen LogP contribution in [0.4, 0.5) is 0 Å². The molecule has 0 aromatic rings. The van der Waals surface area contributed by atoms with Crippen LogP contribution in [-0.2, 0) is 0 Å². The van der Waals surface area contributed by atoms with Crippen molar-refractivity contribution in [2.24, 2.45) is 5.41 Å². The molecule has 1 rings (SSSR count). The van der Waals surface area contributed by atoms with Crippen LogP contribution in [0.2, 0.25) is 0 Å². The summed E-state index contributed by atoms with van der Waals surface area (Å²) >= 11 is 0. The molecule has 0 aliphatic heterocycles. The highest BCUT2D eigenvalue weighted by Gasteiger charge is 2.31. The second-order valence-corrected chi connectivity index (χ2v) is 8.30. The number of nitrogens with zero attached hydrogens (tertiary/aromatic N) is 1. The molecule has 1 atom stereocenters. The van der Waals surface area contributed by atoms with Crippen molar-refractivity contribution in [2.45, 2.75) is 84.7 Å². The first-order valence-electron chi connectivity index (χ1n) is 8.89. The number of hydrogen-bond acceptors (Lipinski definition) is 3. The molecule has 1 saturated carbocycles. The number of nitrogens with one attached hydrogen (secondary N) is 1. The molecule has 0 spiro atoms. The second kappa shape index (κ2) is 8.50. The standard InChI is InChI=1S/C18H38N2O/c1-6-11-18(5,14-19-17(2,3)4)15-20(12-13-21)16-9-7-8-10-16/h16,19,21H,6-15H2,1-5H3. The van der Waals surface area contributed by atoms with Crippen LogP contribution in [0.1, 0.15) is 73.1 Å². The summed E-state index contributed by atoms with van der Waals surface area (Å²) in [7, 11) is 0. The van der Waals surface area contributed by atoms with Gasteiger partial charge in [0.2, 0.25) is 0 Å². The van der Waals surface area contributed by atoms with Crippen molar-refractivity contribution in [3.8, 4) is 0 Å². The molecule has 3 heteroatoms. The van der Waals surface area contributed by atoms with Gasteiger partial charge in [-0.05, 0) is 45.4 Å². The minimum atomic E-state index is 0.171. The largest absolute Gasteiger partial charge is 0.395 e. The summed E-state index contributed by atoms with van der Waals surface area (Å²) in [5, 5.41) is 13.1. The van der Waals surface area contributed by atoms with Crippen molar-refractivity contribution < 1.29 is 5.11 Å². The summed E-state index contributed by atoms with van der Waals surface area (Å²) in [4.78, 5) is 2.56. The Kier molecular flexibility index (Phi) is 7.66. The Labute approximate surface area is 132 Å². The monoisotopic (exact) mass is 298 g/mol. The second-order valence-electron chi connectivity index (χ2n) is 8.30. The van der Waals surface area contributed by atoms with E-state index in [-0.39, 0.29) is 12.1 Å². The molecular formula is C18H38N2O. The van der Waals surface area contributed by atoms with Gasteiger partial charge in [-0.15, -0.1) is 0 Å². The maximum atomic E-state index is 9.43. The summed E-state index contributed by atoms with van der Waals surface area (Å²) in [5.74, 6) is 0. The van der Waals surface area contributed by atoms with Gasteiger partial charge in [0.05, 0.1) is 6.61 Å².